The molecular weight excluding hydrogens is 415 g/mol. The number of hydrogen-bond donors (Lipinski definition) is 1. The molecule has 0 saturated carbocycles. The fourth-order valence-corrected chi connectivity index (χ4v) is 5.42. The number of hydrogen-bond acceptors (Lipinski definition) is 5. The average molecular weight is 445 g/mol. The Morgan fingerprint density at radius 3 is 2.74 bits per heavy atom. The largest absolute Gasteiger partial charge is 0.352 e. The first-order valence-electron chi connectivity index (χ1n) is 10.9. The number of anilines is 1. The molecule has 0 bridgehead atoms. The number of nitrogens with zero attached hydrogens (tertiary/aromatic N) is 3. The van der Waals surface area contributed by atoms with Crippen LogP contribution < -0.4 is 10.2 Å². The Hall–Kier alpha value is -2.48. The number of aryl methyl sites for hydroxylation is 1. The number of carbonyl (C=O) groups is 2. The van der Waals surface area contributed by atoms with Gasteiger partial charge in [0.05, 0.1) is 5.69 Å². The van der Waals surface area contributed by atoms with Crippen molar-refractivity contribution in [1.29, 1.82) is 0 Å². The van der Waals surface area contributed by atoms with Gasteiger partial charge in [-0.25, -0.2) is 9.37 Å². The lowest BCUT2D eigenvalue weighted by Gasteiger charge is -2.35. The monoisotopic (exact) mass is 444 g/mol. The Labute approximate surface area is 186 Å². The molecule has 1 aromatic heterocycles. The number of piperazine rings is 1. The molecule has 2 heterocycles. The molecule has 1 N–H and O–H groups in total. The summed E-state index contributed by atoms with van der Waals surface area (Å²) in [5.74, 6) is -0.103. The molecule has 6 nitrogen and oxygen atoms in total. The van der Waals surface area contributed by atoms with E-state index in [0.717, 1.165) is 55.4 Å². The van der Waals surface area contributed by atoms with Crippen molar-refractivity contribution < 1.29 is 14.0 Å². The molecule has 166 valence electrons. The highest BCUT2D eigenvalue weighted by Crippen LogP contribution is 2.34. The van der Waals surface area contributed by atoms with E-state index in [1.54, 1.807) is 17.4 Å². The second kappa shape index (κ2) is 9.34. The smallest absolute Gasteiger partial charge is 0.225 e. The van der Waals surface area contributed by atoms with Gasteiger partial charge in [-0.1, -0.05) is 26.0 Å². The van der Waals surface area contributed by atoms with Gasteiger partial charge in [-0.2, -0.15) is 0 Å². The maximum absolute atomic E-state index is 13.3. The molecule has 2 aliphatic rings. The number of carbonyl (C=O) groups excluding carboxylic acids is 2. The maximum atomic E-state index is 13.3. The third-order valence-corrected chi connectivity index (χ3v) is 7.19. The molecule has 1 saturated heterocycles. The number of fused-ring (bicyclic) bond motifs is 1. The van der Waals surface area contributed by atoms with Crippen LogP contribution >= 0.6 is 11.3 Å². The molecule has 31 heavy (non-hydrogen) atoms. The summed E-state index contributed by atoms with van der Waals surface area (Å²) in [4.78, 5) is 35.1. The van der Waals surface area contributed by atoms with Gasteiger partial charge >= 0.3 is 0 Å². The highest BCUT2D eigenvalue weighted by atomic mass is 32.1. The third kappa shape index (κ3) is 5.06. The zero-order valence-corrected chi connectivity index (χ0v) is 18.9. The lowest BCUT2D eigenvalue weighted by molar-refractivity contribution is -0.134. The summed E-state index contributed by atoms with van der Waals surface area (Å²) in [7, 11) is 0. The van der Waals surface area contributed by atoms with Crippen LogP contribution in [0.3, 0.4) is 0 Å². The molecule has 2 aromatic rings. The minimum atomic E-state index is -0.291. The summed E-state index contributed by atoms with van der Waals surface area (Å²) < 4.78 is 13.3. The number of nitrogens with one attached hydrogen (secondary N) is 1. The summed E-state index contributed by atoms with van der Waals surface area (Å²) in [6.45, 7) is 7.26. The highest BCUT2D eigenvalue weighted by Gasteiger charge is 2.30. The summed E-state index contributed by atoms with van der Waals surface area (Å²) in [6, 6.07) is 6.31. The van der Waals surface area contributed by atoms with Crippen LogP contribution in [0.4, 0.5) is 9.52 Å². The molecule has 1 aliphatic carbocycles. The molecule has 2 amide bonds. The van der Waals surface area contributed by atoms with Crippen LogP contribution in [-0.2, 0) is 29.0 Å². The fourth-order valence-electron chi connectivity index (χ4n) is 4.18. The number of rotatable bonds is 5. The first kappa shape index (κ1) is 21.7. The summed E-state index contributed by atoms with van der Waals surface area (Å²) >= 11 is 1.68. The predicted octanol–water partition coefficient (Wildman–Crippen LogP) is 3.01. The van der Waals surface area contributed by atoms with E-state index in [2.05, 4.69) is 10.2 Å². The van der Waals surface area contributed by atoms with Crippen LogP contribution in [0.5, 0.6) is 0 Å². The Morgan fingerprint density at radius 2 is 2.03 bits per heavy atom. The highest BCUT2D eigenvalue weighted by molar-refractivity contribution is 7.15. The molecule has 1 aliphatic heterocycles. The maximum Gasteiger partial charge on any atom is 0.225 e. The van der Waals surface area contributed by atoms with Crippen molar-refractivity contribution >= 4 is 28.3 Å². The van der Waals surface area contributed by atoms with Crippen LogP contribution in [0.2, 0.25) is 0 Å². The second-order valence-electron chi connectivity index (χ2n) is 8.62. The van der Waals surface area contributed by atoms with Gasteiger partial charge in [0.1, 0.15) is 5.82 Å². The Morgan fingerprint density at radius 1 is 1.26 bits per heavy atom. The quantitative estimate of drug-likeness (QED) is 0.770. The number of thiazole rings is 1. The topological polar surface area (TPSA) is 65.5 Å². The zero-order valence-electron chi connectivity index (χ0n) is 18.1. The van der Waals surface area contributed by atoms with Gasteiger partial charge in [0.2, 0.25) is 11.8 Å². The van der Waals surface area contributed by atoms with E-state index >= 15 is 0 Å². The van der Waals surface area contributed by atoms with Gasteiger partial charge in [0.15, 0.2) is 5.13 Å². The molecule has 0 radical (unpaired) electrons. The van der Waals surface area contributed by atoms with Gasteiger partial charge in [0.25, 0.3) is 0 Å². The number of halogens is 1. The molecule has 1 fully saturated rings. The molecule has 8 heteroatoms. The van der Waals surface area contributed by atoms with E-state index in [1.165, 1.54) is 17.0 Å². The Balaban J connectivity index is 1.32. The minimum Gasteiger partial charge on any atom is -0.352 e. The lowest BCUT2D eigenvalue weighted by Crippen LogP contribution is -2.49. The van der Waals surface area contributed by atoms with Gasteiger partial charge in [-0.3, -0.25) is 9.59 Å². The first-order chi connectivity index (χ1) is 14.9. The van der Waals surface area contributed by atoms with Crippen molar-refractivity contribution in [3.05, 3.63) is 46.2 Å². The second-order valence-corrected chi connectivity index (χ2v) is 9.68. The SMILES string of the molecule is CC(C)C(=O)N1CCN(c2nc3c(s2)CC(C(=O)NCc2cccc(F)c2)CC3)CC1. The van der Waals surface area contributed by atoms with Crippen LogP contribution in [0.25, 0.3) is 0 Å². The van der Waals surface area contributed by atoms with E-state index in [-0.39, 0.29) is 29.5 Å². The van der Waals surface area contributed by atoms with Crippen LogP contribution in [0.15, 0.2) is 24.3 Å². The lowest BCUT2D eigenvalue weighted by atomic mass is 9.90. The normalized spacial score (nSPS) is 18.8. The van der Waals surface area contributed by atoms with Crippen LogP contribution in [0, 0.1) is 17.7 Å². The van der Waals surface area contributed by atoms with Crippen molar-refractivity contribution in [3.8, 4) is 0 Å². The molecule has 1 unspecified atom stereocenters. The van der Waals surface area contributed by atoms with E-state index < -0.39 is 0 Å². The molecular formula is C23H29FN4O2S. The average Bonchev–Trinajstić information content (AvgIpc) is 3.20. The number of benzene rings is 1. The molecule has 1 atom stereocenters. The summed E-state index contributed by atoms with van der Waals surface area (Å²) in [5, 5.41) is 3.95. The van der Waals surface area contributed by atoms with Crippen molar-refractivity contribution in [1.82, 2.24) is 15.2 Å². The molecule has 1 aromatic carbocycles. The van der Waals surface area contributed by atoms with Crippen LogP contribution in [0.1, 0.15) is 36.4 Å². The number of aromatic nitrogens is 1. The number of amides is 2. The van der Waals surface area contributed by atoms with Crippen molar-refractivity contribution in [2.75, 3.05) is 31.1 Å². The van der Waals surface area contributed by atoms with E-state index in [0.29, 0.717) is 13.0 Å². The minimum absolute atomic E-state index is 0.0191. The van der Waals surface area contributed by atoms with Gasteiger partial charge in [-0.05, 0) is 37.0 Å². The Kier molecular flexibility index (Phi) is 6.55. The van der Waals surface area contributed by atoms with E-state index in [1.807, 2.05) is 24.8 Å². The summed E-state index contributed by atoms with van der Waals surface area (Å²) in [5.41, 5.74) is 1.87. The first-order valence-corrected chi connectivity index (χ1v) is 11.8. The Bertz CT molecular complexity index is 953. The van der Waals surface area contributed by atoms with Gasteiger partial charge in [-0.15, -0.1) is 11.3 Å². The molecule has 4 rings (SSSR count). The standard InChI is InChI=1S/C23H29FN4O2S/c1-15(2)22(30)27-8-10-28(11-9-27)23-26-19-7-6-17(13-20(19)31-23)21(29)25-14-16-4-3-5-18(24)12-16/h3-5,12,15,17H,6-11,13-14H2,1-2H3,(H,25,29). The third-order valence-electron chi connectivity index (χ3n) is 6.01. The van der Waals surface area contributed by atoms with Crippen molar-refractivity contribution in [2.45, 2.75) is 39.7 Å². The van der Waals surface area contributed by atoms with E-state index in [4.69, 9.17) is 4.98 Å². The van der Waals surface area contributed by atoms with Crippen molar-refractivity contribution in [2.24, 2.45) is 11.8 Å². The van der Waals surface area contributed by atoms with Crippen molar-refractivity contribution in [3.63, 3.8) is 0 Å². The molecule has 0 spiro atoms. The van der Waals surface area contributed by atoms with E-state index in [9.17, 15) is 14.0 Å². The van der Waals surface area contributed by atoms with Gasteiger partial charge < -0.3 is 15.1 Å². The predicted molar refractivity (Wildman–Crippen MR) is 120 cm³/mol. The summed E-state index contributed by atoms with van der Waals surface area (Å²) in [6.07, 6.45) is 2.28. The fraction of sp³-hybridized carbons (Fsp3) is 0.522. The zero-order chi connectivity index (χ0) is 22.0. The van der Waals surface area contributed by atoms with Gasteiger partial charge in [0, 0.05) is 49.4 Å². The van der Waals surface area contributed by atoms with Crippen LogP contribution in [-0.4, -0.2) is 47.9 Å².